The summed E-state index contributed by atoms with van der Waals surface area (Å²) in [6, 6.07) is 0. The summed E-state index contributed by atoms with van der Waals surface area (Å²) in [6.45, 7) is 7.25. The average molecular weight is 717 g/mol. The molecule has 0 rings (SSSR count). The molecule has 0 radical (unpaired) electrons. The van der Waals surface area contributed by atoms with E-state index in [0.717, 1.165) is 8.97 Å². The van der Waals surface area contributed by atoms with Gasteiger partial charge in [-0.15, -0.1) is 0 Å². The van der Waals surface area contributed by atoms with Crippen molar-refractivity contribution in [3.8, 4) is 0 Å². The molecular formula is C42H88N2O6. The van der Waals surface area contributed by atoms with Crippen molar-refractivity contribution in [2.75, 3.05) is 55.4 Å². The lowest BCUT2D eigenvalue weighted by Crippen LogP contribution is -2.51. The van der Waals surface area contributed by atoms with Crippen LogP contribution in [0.4, 0.5) is 0 Å². The number of aliphatic hydroxyl groups is 2. The van der Waals surface area contributed by atoms with Crippen LogP contribution in [0.3, 0.4) is 0 Å². The summed E-state index contributed by atoms with van der Waals surface area (Å²) in [7, 11) is 13.8. The molecule has 0 saturated carbocycles. The maximum absolute atomic E-state index is 9.63. The van der Waals surface area contributed by atoms with E-state index in [0.29, 0.717) is 0 Å². The fourth-order valence-electron chi connectivity index (χ4n) is 5.82. The van der Waals surface area contributed by atoms with Gasteiger partial charge in [0, 0.05) is 0 Å². The number of rotatable bonds is 33. The lowest BCUT2D eigenvalue weighted by atomic mass is 10.0. The molecule has 0 aliphatic rings. The van der Waals surface area contributed by atoms with Crippen molar-refractivity contribution in [2.24, 2.45) is 0 Å². The number of aliphatic carboxylic acids is 2. The Morgan fingerprint density at radius 1 is 0.380 bits per heavy atom. The van der Waals surface area contributed by atoms with Crippen molar-refractivity contribution in [3.05, 3.63) is 0 Å². The van der Waals surface area contributed by atoms with Crippen LogP contribution in [0.15, 0.2) is 0 Å². The van der Waals surface area contributed by atoms with Gasteiger partial charge in [-0.25, -0.2) is 0 Å². The Balaban J connectivity index is -0.000000701. The van der Waals surface area contributed by atoms with Gasteiger partial charge in [-0.3, -0.25) is 0 Å². The molecule has 0 saturated heterocycles. The quantitative estimate of drug-likeness (QED) is 0.0535. The molecule has 2 N–H and O–H groups in total. The molecule has 0 amide bonds. The fraction of sp³-hybridized carbons (Fsp3) is 0.952. The number of quaternary nitrogens is 2. The van der Waals surface area contributed by atoms with Crippen molar-refractivity contribution >= 4 is 11.9 Å². The molecule has 0 aromatic rings. The van der Waals surface area contributed by atoms with Crippen molar-refractivity contribution in [1.29, 1.82) is 0 Å². The summed E-state index contributed by atoms with van der Waals surface area (Å²) >= 11 is 0. The Morgan fingerprint density at radius 2 is 0.540 bits per heavy atom. The molecule has 8 heteroatoms. The maximum atomic E-state index is 9.63. The van der Waals surface area contributed by atoms with Crippen LogP contribution in [0.2, 0.25) is 0 Å². The largest absolute Gasteiger partial charge is 0.547 e. The van der Waals surface area contributed by atoms with Gasteiger partial charge >= 0.3 is 0 Å². The minimum absolute atomic E-state index is 1.12. The van der Waals surface area contributed by atoms with E-state index >= 15 is 0 Å². The molecule has 0 heterocycles. The van der Waals surface area contributed by atoms with Crippen molar-refractivity contribution in [2.45, 2.75) is 206 Å². The topological polar surface area (TPSA) is 121 Å². The second kappa shape index (κ2) is 37.5. The predicted octanol–water partition coefficient (Wildman–Crippen LogP) is 7.56. The van der Waals surface area contributed by atoms with Crippen molar-refractivity contribution in [1.82, 2.24) is 0 Å². The second-order valence-electron chi connectivity index (χ2n) is 16.7. The summed E-state index contributed by atoms with van der Waals surface area (Å²) in [5.41, 5.74) is 0. The Bertz CT molecular complexity index is 660. The van der Waals surface area contributed by atoms with E-state index in [-0.39, 0.29) is 0 Å². The zero-order valence-corrected chi connectivity index (χ0v) is 34.8. The lowest BCUT2D eigenvalue weighted by molar-refractivity contribution is -0.870. The van der Waals surface area contributed by atoms with E-state index in [2.05, 4.69) is 56.1 Å². The van der Waals surface area contributed by atoms with Crippen LogP contribution in [-0.2, 0) is 9.59 Å². The third-order valence-electron chi connectivity index (χ3n) is 9.15. The molecule has 0 aromatic carbocycles. The van der Waals surface area contributed by atoms with Gasteiger partial charge in [-0.1, -0.05) is 168 Å². The van der Waals surface area contributed by atoms with Gasteiger partial charge in [-0.05, 0) is 25.7 Å². The molecule has 8 nitrogen and oxygen atoms in total. The van der Waals surface area contributed by atoms with Crippen molar-refractivity contribution < 1.29 is 39.0 Å². The predicted molar refractivity (Wildman–Crippen MR) is 208 cm³/mol. The lowest BCUT2D eigenvalue weighted by Gasteiger charge is -2.23. The van der Waals surface area contributed by atoms with E-state index in [1.165, 1.54) is 193 Å². The highest BCUT2D eigenvalue weighted by Gasteiger charge is 2.17. The smallest absolute Gasteiger partial charge is 0.124 e. The van der Waals surface area contributed by atoms with Gasteiger partial charge in [0.15, 0.2) is 0 Å². The summed E-state index contributed by atoms with van der Waals surface area (Å²) in [4.78, 5) is 19.3. The molecule has 0 aromatic heterocycles. The third-order valence-corrected chi connectivity index (χ3v) is 9.15. The second-order valence-corrected chi connectivity index (χ2v) is 16.7. The Labute approximate surface area is 311 Å². The number of carbonyl (C=O) groups excluding carboxylic acids is 2. The monoisotopic (exact) mass is 717 g/mol. The highest BCUT2D eigenvalue weighted by Crippen LogP contribution is 2.14. The summed E-state index contributed by atoms with van der Waals surface area (Å²) < 4.78 is 2.25. The number of carbonyl (C=O) groups is 2. The first kappa shape index (κ1) is 53.1. The normalized spacial score (nSPS) is 12.8. The Hall–Kier alpha value is -1.22. The molecule has 2 atom stereocenters. The SMILES string of the molecule is CCCCCCCCCCCCCCCC[N+](C)(C)C.CCCCCCCCCCCCCCCC[N+](C)(C)C.O=C([O-])C(O)C(O)C(=O)[O-]. The highest BCUT2D eigenvalue weighted by atomic mass is 16.4. The maximum Gasteiger partial charge on any atom is 0.124 e. The minimum Gasteiger partial charge on any atom is -0.547 e. The molecule has 0 bridgehead atoms. The van der Waals surface area contributed by atoms with E-state index in [9.17, 15) is 19.8 Å². The number of nitrogens with zero attached hydrogens (tertiary/aromatic N) is 2. The van der Waals surface area contributed by atoms with E-state index in [1.807, 2.05) is 0 Å². The Kier molecular flexibility index (Phi) is 39.9. The summed E-state index contributed by atoms with van der Waals surface area (Å²) in [5.74, 6) is -4.12. The number of aliphatic hydroxyl groups excluding tert-OH is 2. The van der Waals surface area contributed by atoms with Gasteiger partial charge in [0.2, 0.25) is 0 Å². The van der Waals surface area contributed by atoms with Crippen LogP contribution >= 0.6 is 0 Å². The highest BCUT2D eigenvalue weighted by molar-refractivity contribution is 5.80. The van der Waals surface area contributed by atoms with Gasteiger partial charge in [0.1, 0.15) is 12.2 Å². The number of hydrogen-bond acceptors (Lipinski definition) is 6. The standard InChI is InChI=1S/2C19H42N.C4H6O6/c2*1-5-6-7-8-9-10-11-12-13-14-15-16-17-18-19-20(2,3)4;5-1(3(7)8)2(6)4(9)10/h2*5-19H2,1-4H3;1-2,5-6H,(H,7,8)(H,9,10)/q2*+1;/p-2. The van der Waals surface area contributed by atoms with Crippen LogP contribution < -0.4 is 10.2 Å². The first-order chi connectivity index (χ1) is 23.6. The van der Waals surface area contributed by atoms with E-state index in [4.69, 9.17) is 10.2 Å². The van der Waals surface area contributed by atoms with E-state index in [1.54, 1.807) is 0 Å². The molecule has 0 aliphatic heterocycles. The van der Waals surface area contributed by atoms with Gasteiger partial charge in [0.25, 0.3) is 0 Å². The van der Waals surface area contributed by atoms with Crippen LogP contribution in [0.25, 0.3) is 0 Å². The van der Waals surface area contributed by atoms with Crippen LogP contribution in [0, 0.1) is 0 Å². The molecule has 0 fully saturated rings. The number of carboxylic acids is 2. The fourth-order valence-corrected chi connectivity index (χ4v) is 5.82. The van der Waals surface area contributed by atoms with Gasteiger partial charge in [-0.2, -0.15) is 0 Å². The average Bonchev–Trinajstić information content (AvgIpc) is 3.04. The first-order valence-electron chi connectivity index (χ1n) is 21.0. The van der Waals surface area contributed by atoms with Crippen molar-refractivity contribution in [3.63, 3.8) is 0 Å². The Morgan fingerprint density at radius 3 is 0.680 bits per heavy atom. The number of unbranched alkanes of at least 4 members (excludes halogenated alkanes) is 26. The van der Waals surface area contributed by atoms with Crippen LogP contribution in [-0.4, -0.2) is 98.7 Å². The molecule has 0 aliphatic carbocycles. The number of hydrogen-bond donors (Lipinski definition) is 2. The molecule has 302 valence electrons. The zero-order valence-electron chi connectivity index (χ0n) is 34.8. The van der Waals surface area contributed by atoms with Crippen LogP contribution in [0.1, 0.15) is 194 Å². The molecule has 2 unspecified atom stereocenters. The van der Waals surface area contributed by atoms with Gasteiger partial charge in [0.05, 0.1) is 67.3 Å². The summed E-state index contributed by atoms with van der Waals surface area (Å²) in [6.07, 6.45) is 35.9. The number of carboxylic acid groups (broad SMARTS) is 2. The van der Waals surface area contributed by atoms with Gasteiger partial charge < -0.3 is 39.0 Å². The zero-order chi connectivity index (χ0) is 38.5. The minimum atomic E-state index is -2.44. The van der Waals surface area contributed by atoms with E-state index < -0.39 is 24.1 Å². The van der Waals surface area contributed by atoms with Crippen LogP contribution in [0.5, 0.6) is 0 Å². The third kappa shape index (κ3) is 48.9. The molecular weight excluding hydrogens is 628 g/mol. The molecule has 50 heavy (non-hydrogen) atoms. The first-order valence-corrected chi connectivity index (χ1v) is 21.0. The molecule has 0 spiro atoms. The summed E-state index contributed by atoms with van der Waals surface area (Å²) in [5, 5.41) is 35.7.